The van der Waals surface area contributed by atoms with Crippen LogP contribution in [0.1, 0.15) is 5.69 Å². The highest BCUT2D eigenvalue weighted by atomic mass is 32.1. The number of likely N-dealkylation sites (N-methyl/N-ethyl adjacent to an activating group) is 1. The highest BCUT2D eigenvalue weighted by molar-refractivity contribution is 7.13. The van der Waals surface area contributed by atoms with E-state index < -0.39 is 0 Å². The van der Waals surface area contributed by atoms with Crippen molar-refractivity contribution in [1.29, 1.82) is 0 Å². The number of rotatable bonds is 3. The SMILES string of the molecule is CN1CCN(Cc2cc(-c3cccs3)on2)CC1. The number of aromatic nitrogens is 1. The first-order chi connectivity index (χ1) is 8.81. The van der Waals surface area contributed by atoms with Crippen molar-refractivity contribution in [2.75, 3.05) is 33.2 Å². The largest absolute Gasteiger partial charge is 0.355 e. The summed E-state index contributed by atoms with van der Waals surface area (Å²) in [7, 11) is 2.17. The molecule has 18 heavy (non-hydrogen) atoms. The van der Waals surface area contributed by atoms with Gasteiger partial charge in [0.2, 0.25) is 0 Å². The Bertz CT molecular complexity index is 486. The molecular formula is C13H17N3OS. The van der Waals surface area contributed by atoms with Gasteiger partial charge in [-0.3, -0.25) is 4.90 Å². The number of thiophene rings is 1. The molecule has 0 spiro atoms. The lowest BCUT2D eigenvalue weighted by Gasteiger charge is -2.31. The maximum Gasteiger partial charge on any atom is 0.177 e. The molecule has 5 heteroatoms. The van der Waals surface area contributed by atoms with Crippen molar-refractivity contribution in [2.45, 2.75) is 6.54 Å². The van der Waals surface area contributed by atoms with E-state index in [0.717, 1.165) is 49.1 Å². The van der Waals surface area contributed by atoms with Crippen molar-refractivity contribution in [1.82, 2.24) is 15.0 Å². The van der Waals surface area contributed by atoms with Gasteiger partial charge in [0.15, 0.2) is 5.76 Å². The fraction of sp³-hybridized carbons (Fsp3) is 0.462. The second-order valence-electron chi connectivity index (χ2n) is 4.74. The summed E-state index contributed by atoms with van der Waals surface area (Å²) in [6.07, 6.45) is 0. The lowest BCUT2D eigenvalue weighted by molar-refractivity contribution is 0.145. The van der Waals surface area contributed by atoms with Crippen molar-refractivity contribution in [3.05, 3.63) is 29.3 Å². The fourth-order valence-corrected chi connectivity index (χ4v) is 2.83. The molecule has 1 saturated heterocycles. The van der Waals surface area contributed by atoms with Crippen molar-refractivity contribution in [3.8, 4) is 10.6 Å². The van der Waals surface area contributed by atoms with E-state index in [1.807, 2.05) is 6.07 Å². The maximum absolute atomic E-state index is 5.40. The van der Waals surface area contributed by atoms with Crippen LogP contribution >= 0.6 is 11.3 Å². The van der Waals surface area contributed by atoms with E-state index in [1.54, 1.807) is 11.3 Å². The third-order valence-electron chi connectivity index (χ3n) is 3.30. The normalized spacial score (nSPS) is 18.3. The van der Waals surface area contributed by atoms with Crippen LogP contribution in [0, 0.1) is 0 Å². The monoisotopic (exact) mass is 263 g/mol. The lowest BCUT2D eigenvalue weighted by Crippen LogP contribution is -2.43. The average molecular weight is 263 g/mol. The molecule has 96 valence electrons. The smallest absolute Gasteiger partial charge is 0.177 e. The summed E-state index contributed by atoms with van der Waals surface area (Å²) < 4.78 is 5.40. The molecule has 1 aliphatic rings. The third-order valence-corrected chi connectivity index (χ3v) is 4.19. The first kappa shape index (κ1) is 11.9. The van der Waals surface area contributed by atoms with Gasteiger partial charge in [-0.1, -0.05) is 11.2 Å². The van der Waals surface area contributed by atoms with E-state index in [-0.39, 0.29) is 0 Å². The highest BCUT2D eigenvalue weighted by Gasteiger charge is 2.16. The first-order valence-corrected chi connectivity index (χ1v) is 7.09. The van der Waals surface area contributed by atoms with Crippen LogP contribution in [0.4, 0.5) is 0 Å². The molecule has 0 amide bonds. The minimum atomic E-state index is 0.883. The first-order valence-electron chi connectivity index (χ1n) is 6.21. The number of piperazine rings is 1. The Morgan fingerprint density at radius 3 is 2.89 bits per heavy atom. The molecule has 0 aliphatic carbocycles. The van der Waals surface area contributed by atoms with Crippen molar-refractivity contribution in [3.63, 3.8) is 0 Å². The van der Waals surface area contributed by atoms with Gasteiger partial charge in [-0.15, -0.1) is 11.3 Å². The Hall–Kier alpha value is -1.17. The molecule has 1 aliphatic heterocycles. The molecule has 0 saturated carbocycles. The standard InChI is InChI=1S/C13H17N3OS/c1-15-4-6-16(7-5-15)10-11-9-12(17-14-11)13-3-2-8-18-13/h2-3,8-9H,4-7,10H2,1H3. The minimum Gasteiger partial charge on any atom is -0.355 e. The van der Waals surface area contributed by atoms with Crippen LogP contribution in [0.3, 0.4) is 0 Å². The second kappa shape index (κ2) is 5.22. The van der Waals surface area contributed by atoms with Gasteiger partial charge in [0.25, 0.3) is 0 Å². The van der Waals surface area contributed by atoms with Gasteiger partial charge in [-0.2, -0.15) is 0 Å². The van der Waals surface area contributed by atoms with Crippen molar-refractivity contribution >= 4 is 11.3 Å². The van der Waals surface area contributed by atoms with Gasteiger partial charge in [0, 0.05) is 38.8 Å². The lowest BCUT2D eigenvalue weighted by atomic mass is 10.3. The van der Waals surface area contributed by atoms with Gasteiger partial charge < -0.3 is 9.42 Å². The Balaban J connectivity index is 1.64. The predicted octanol–water partition coefficient (Wildman–Crippen LogP) is 2.15. The third kappa shape index (κ3) is 2.63. The molecule has 3 heterocycles. The summed E-state index contributed by atoms with van der Waals surface area (Å²) in [5.41, 5.74) is 1.03. The quantitative estimate of drug-likeness (QED) is 0.849. The average Bonchev–Trinajstić information content (AvgIpc) is 3.02. The zero-order valence-electron chi connectivity index (χ0n) is 10.5. The Kier molecular flexibility index (Phi) is 3.45. The van der Waals surface area contributed by atoms with E-state index >= 15 is 0 Å². The highest BCUT2D eigenvalue weighted by Crippen LogP contribution is 2.25. The molecule has 0 atom stereocenters. The molecule has 2 aromatic rings. The topological polar surface area (TPSA) is 32.5 Å². The molecule has 0 unspecified atom stereocenters. The predicted molar refractivity (Wildman–Crippen MR) is 72.6 cm³/mol. The van der Waals surface area contributed by atoms with E-state index in [4.69, 9.17) is 4.52 Å². The second-order valence-corrected chi connectivity index (χ2v) is 5.69. The van der Waals surface area contributed by atoms with Gasteiger partial charge in [-0.25, -0.2) is 0 Å². The molecule has 0 bridgehead atoms. The van der Waals surface area contributed by atoms with Crippen LogP contribution in [0.25, 0.3) is 10.6 Å². The van der Waals surface area contributed by atoms with Gasteiger partial charge in [-0.05, 0) is 18.5 Å². The minimum absolute atomic E-state index is 0.883. The summed E-state index contributed by atoms with van der Waals surface area (Å²) >= 11 is 1.68. The van der Waals surface area contributed by atoms with E-state index in [1.165, 1.54) is 0 Å². The Labute approximate surface area is 111 Å². The number of nitrogens with zero attached hydrogens (tertiary/aromatic N) is 3. The zero-order chi connectivity index (χ0) is 12.4. The summed E-state index contributed by atoms with van der Waals surface area (Å²) in [5.74, 6) is 0.883. The Morgan fingerprint density at radius 1 is 1.33 bits per heavy atom. The summed E-state index contributed by atoms with van der Waals surface area (Å²) in [6, 6.07) is 6.15. The molecule has 2 aromatic heterocycles. The number of hydrogen-bond donors (Lipinski definition) is 0. The van der Waals surface area contributed by atoms with Crippen LogP contribution in [-0.4, -0.2) is 48.2 Å². The maximum atomic E-state index is 5.40. The van der Waals surface area contributed by atoms with Gasteiger partial charge >= 0.3 is 0 Å². The van der Waals surface area contributed by atoms with Crippen molar-refractivity contribution in [2.24, 2.45) is 0 Å². The van der Waals surface area contributed by atoms with E-state index in [0.29, 0.717) is 0 Å². The van der Waals surface area contributed by atoms with Crippen LogP contribution in [0.15, 0.2) is 28.1 Å². The van der Waals surface area contributed by atoms with Gasteiger partial charge in [0.05, 0.1) is 10.6 Å². The summed E-state index contributed by atoms with van der Waals surface area (Å²) in [4.78, 5) is 5.93. The molecule has 0 N–H and O–H groups in total. The molecule has 1 fully saturated rings. The van der Waals surface area contributed by atoms with Crippen LogP contribution < -0.4 is 0 Å². The van der Waals surface area contributed by atoms with E-state index in [9.17, 15) is 0 Å². The van der Waals surface area contributed by atoms with Crippen LogP contribution in [0.5, 0.6) is 0 Å². The van der Waals surface area contributed by atoms with Gasteiger partial charge in [0.1, 0.15) is 0 Å². The Morgan fingerprint density at radius 2 is 2.17 bits per heavy atom. The molecule has 0 aromatic carbocycles. The van der Waals surface area contributed by atoms with E-state index in [2.05, 4.69) is 39.5 Å². The van der Waals surface area contributed by atoms with Crippen LogP contribution in [0.2, 0.25) is 0 Å². The van der Waals surface area contributed by atoms with Crippen molar-refractivity contribution < 1.29 is 4.52 Å². The molecule has 4 nitrogen and oxygen atoms in total. The van der Waals surface area contributed by atoms with Crippen LogP contribution in [-0.2, 0) is 6.54 Å². The number of hydrogen-bond acceptors (Lipinski definition) is 5. The summed E-state index contributed by atoms with van der Waals surface area (Å²) in [5, 5.41) is 6.22. The molecule has 0 radical (unpaired) electrons. The summed E-state index contributed by atoms with van der Waals surface area (Å²) in [6.45, 7) is 5.38. The molecule has 3 rings (SSSR count). The molecular weight excluding hydrogens is 246 g/mol. The fourth-order valence-electron chi connectivity index (χ4n) is 2.16. The zero-order valence-corrected chi connectivity index (χ0v) is 11.3.